The lowest BCUT2D eigenvalue weighted by Gasteiger charge is -2.19. The Labute approximate surface area is 222 Å². The highest BCUT2D eigenvalue weighted by Gasteiger charge is 2.52. The van der Waals surface area contributed by atoms with E-state index in [0.717, 1.165) is 18.5 Å². The van der Waals surface area contributed by atoms with E-state index in [1.54, 1.807) is 20.9 Å². The van der Waals surface area contributed by atoms with Gasteiger partial charge in [-0.2, -0.15) is 18.3 Å². The van der Waals surface area contributed by atoms with Crippen LogP contribution in [-0.2, 0) is 11.8 Å². The average Bonchev–Trinajstić information content (AvgIpc) is 3.56. The van der Waals surface area contributed by atoms with E-state index in [-0.39, 0.29) is 46.0 Å². The van der Waals surface area contributed by atoms with E-state index in [2.05, 4.69) is 30.4 Å². The normalized spacial score (nSPS) is 16.5. The Morgan fingerprint density at radius 2 is 2.12 bits per heavy atom. The number of aromatic nitrogens is 4. The molecule has 0 radical (unpaired) electrons. The number of carbonyl (C=O) groups is 3. The van der Waals surface area contributed by atoms with Crippen molar-refractivity contribution in [1.82, 2.24) is 24.7 Å². The van der Waals surface area contributed by atoms with Crippen LogP contribution in [0.25, 0.3) is 11.5 Å². The van der Waals surface area contributed by atoms with Gasteiger partial charge in [0.2, 0.25) is 16.7 Å². The highest BCUT2D eigenvalue weighted by molar-refractivity contribution is 6.07. The third-order valence-corrected chi connectivity index (χ3v) is 6.07. The number of hydrogen-bond donors (Lipinski definition) is 3. The van der Waals surface area contributed by atoms with Crippen LogP contribution in [-0.4, -0.2) is 68.1 Å². The van der Waals surface area contributed by atoms with Crippen LogP contribution in [0.4, 0.5) is 35.3 Å². The molecule has 3 aromatic heterocycles. The van der Waals surface area contributed by atoms with Gasteiger partial charge >= 0.3 is 12.3 Å². The summed E-state index contributed by atoms with van der Waals surface area (Å²) in [7, 11) is 1.58. The van der Waals surface area contributed by atoms with Gasteiger partial charge in [0, 0.05) is 18.8 Å². The fourth-order valence-electron chi connectivity index (χ4n) is 3.99. The van der Waals surface area contributed by atoms with Crippen LogP contribution in [0.1, 0.15) is 24.3 Å². The molecule has 15 nitrogen and oxygen atoms in total. The molecule has 1 atom stereocenters. The maximum atomic E-state index is 13.1. The predicted molar refractivity (Wildman–Crippen MR) is 130 cm³/mol. The monoisotopic (exact) mass is 563 g/mol. The summed E-state index contributed by atoms with van der Waals surface area (Å²) in [4.78, 5) is 49.5. The third kappa shape index (κ3) is 5.51. The second-order valence-electron chi connectivity index (χ2n) is 9.29. The van der Waals surface area contributed by atoms with Crippen LogP contribution in [0.2, 0.25) is 0 Å². The lowest BCUT2D eigenvalue weighted by atomic mass is 9.88. The Kier molecular flexibility index (Phi) is 7.13. The van der Waals surface area contributed by atoms with E-state index in [0.29, 0.717) is 0 Å². The van der Waals surface area contributed by atoms with Gasteiger partial charge in [0.1, 0.15) is 35.0 Å². The Hall–Kier alpha value is -5.12. The van der Waals surface area contributed by atoms with Crippen molar-refractivity contribution < 1.29 is 37.1 Å². The Morgan fingerprint density at radius 3 is 2.77 bits per heavy atom. The number of anilines is 3. The predicted octanol–water partition coefficient (Wildman–Crippen LogP) is 3.06. The number of alkyl halides is 3. The van der Waals surface area contributed by atoms with Gasteiger partial charge in [0.15, 0.2) is 17.6 Å². The first-order valence-corrected chi connectivity index (χ1v) is 11.4. The second kappa shape index (κ2) is 10.2. The smallest absolute Gasteiger partial charge is 0.413 e. The molecular formula is C22H22F3N10O5+. The Balaban J connectivity index is 1.56. The number of oxazole rings is 1. The first-order valence-electron chi connectivity index (χ1n) is 11.4. The molecule has 3 amide bonds. The zero-order valence-corrected chi connectivity index (χ0v) is 21.2. The molecule has 0 aromatic carbocycles. The minimum absolute atomic E-state index is 0.0148. The van der Waals surface area contributed by atoms with Crippen LogP contribution in [0.15, 0.2) is 40.3 Å². The topological polar surface area (TPSA) is 197 Å². The van der Waals surface area contributed by atoms with Gasteiger partial charge in [-0.3, -0.25) is 24.1 Å². The SMILES string of the molecule is Cn1cc(NC(=O)c2coc(-c3ccnc(N(CC(F)(F)F)C(=O)O)c3)n2)c(N2CC(N=[N+]=N)C(C)(C)C2=O)n1. The molecule has 0 bridgehead atoms. The van der Waals surface area contributed by atoms with Gasteiger partial charge in [0.25, 0.3) is 5.91 Å². The van der Waals surface area contributed by atoms with Crippen molar-refractivity contribution in [2.75, 3.05) is 28.2 Å². The molecule has 0 saturated carbocycles. The molecule has 1 aliphatic heterocycles. The summed E-state index contributed by atoms with van der Waals surface area (Å²) in [6, 6.07) is 1.73. The van der Waals surface area contributed by atoms with Gasteiger partial charge in [-0.25, -0.2) is 14.8 Å². The molecule has 3 N–H and O–H groups in total. The van der Waals surface area contributed by atoms with Gasteiger partial charge in [-0.15, -0.1) is 0 Å². The van der Waals surface area contributed by atoms with Crippen molar-refractivity contribution in [3.63, 3.8) is 0 Å². The summed E-state index contributed by atoms with van der Waals surface area (Å²) < 4.78 is 45.2. The first-order chi connectivity index (χ1) is 18.7. The van der Waals surface area contributed by atoms with Gasteiger partial charge in [0.05, 0.1) is 18.2 Å². The molecular weight excluding hydrogens is 541 g/mol. The standard InChI is InChI=1S/C22H21F3N10O5/c1-21(2)14(30-32-26)8-34(19(21)37)16-12(7-33(3)31-16)28-17(36)13-9-40-18(29-13)11-4-5-27-15(6-11)35(20(38)39)10-22(23,24)25/h4-7,9,14,26H,8,10H2,1-3H3,(H-,28,36,38,39)/p+1. The zero-order chi connectivity index (χ0) is 29.4. The lowest BCUT2D eigenvalue weighted by molar-refractivity contribution is -0.124. The number of hydrogen-bond acceptors (Lipinski definition) is 9. The number of nitrogens with one attached hydrogen (secondary N) is 2. The lowest BCUT2D eigenvalue weighted by Crippen LogP contribution is -2.38. The summed E-state index contributed by atoms with van der Waals surface area (Å²) in [5.41, 5.74) is 6.07. The van der Waals surface area contributed by atoms with E-state index in [4.69, 9.17) is 9.95 Å². The van der Waals surface area contributed by atoms with E-state index in [1.165, 1.54) is 21.8 Å². The molecule has 4 heterocycles. The fraction of sp³-hybridized carbons (Fsp3) is 0.364. The van der Waals surface area contributed by atoms with Crippen LogP contribution in [0, 0.1) is 10.9 Å². The average molecular weight is 563 g/mol. The number of amides is 3. The van der Waals surface area contributed by atoms with E-state index >= 15 is 0 Å². The first kappa shape index (κ1) is 27.9. The molecule has 210 valence electrons. The Morgan fingerprint density at radius 1 is 1.40 bits per heavy atom. The van der Waals surface area contributed by atoms with Crippen LogP contribution in [0.3, 0.4) is 0 Å². The molecule has 18 heteroatoms. The molecule has 1 fully saturated rings. The minimum atomic E-state index is -4.81. The molecule has 1 unspecified atom stereocenters. The molecule has 40 heavy (non-hydrogen) atoms. The minimum Gasteiger partial charge on any atom is -0.465 e. The number of carbonyl (C=O) groups excluding carboxylic acids is 2. The van der Waals surface area contributed by atoms with E-state index in [9.17, 15) is 32.7 Å². The summed E-state index contributed by atoms with van der Waals surface area (Å²) in [5, 5.41) is 19.9. The maximum Gasteiger partial charge on any atom is 0.413 e. The van der Waals surface area contributed by atoms with Crippen molar-refractivity contribution in [3.05, 3.63) is 36.5 Å². The van der Waals surface area contributed by atoms with Crippen LogP contribution < -0.4 is 20.0 Å². The molecule has 4 rings (SSSR count). The quantitative estimate of drug-likeness (QED) is 0.288. The van der Waals surface area contributed by atoms with Crippen molar-refractivity contribution in [3.8, 4) is 11.5 Å². The third-order valence-electron chi connectivity index (χ3n) is 6.07. The van der Waals surface area contributed by atoms with Crippen molar-refractivity contribution in [1.29, 1.82) is 5.53 Å². The van der Waals surface area contributed by atoms with Gasteiger partial charge < -0.3 is 14.8 Å². The van der Waals surface area contributed by atoms with Crippen molar-refractivity contribution in [2.45, 2.75) is 26.1 Å². The molecule has 1 saturated heterocycles. The van der Waals surface area contributed by atoms with Gasteiger partial charge in [-0.05, 0) is 26.0 Å². The summed E-state index contributed by atoms with van der Waals surface area (Å²) >= 11 is 0. The van der Waals surface area contributed by atoms with Crippen molar-refractivity contribution >= 4 is 35.2 Å². The molecule has 1 aliphatic rings. The molecule has 0 spiro atoms. The summed E-state index contributed by atoms with van der Waals surface area (Å²) in [5.74, 6) is -1.66. The summed E-state index contributed by atoms with van der Waals surface area (Å²) in [6.07, 6.45) is -3.14. The number of rotatable bonds is 7. The number of halogens is 3. The molecule has 3 aromatic rings. The zero-order valence-electron chi connectivity index (χ0n) is 21.2. The summed E-state index contributed by atoms with van der Waals surface area (Å²) in [6.45, 7) is 1.62. The Bertz CT molecular complexity index is 1530. The van der Waals surface area contributed by atoms with E-state index in [1.807, 2.05) is 0 Å². The van der Waals surface area contributed by atoms with E-state index < -0.39 is 42.0 Å². The number of carboxylic acid groups (broad SMARTS) is 1. The van der Waals surface area contributed by atoms with Crippen LogP contribution >= 0.6 is 0 Å². The number of aryl methyl sites for hydroxylation is 1. The van der Waals surface area contributed by atoms with Crippen molar-refractivity contribution in [2.24, 2.45) is 17.6 Å². The van der Waals surface area contributed by atoms with Crippen LogP contribution in [0.5, 0.6) is 0 Å². The largest absolute Gasteiger partial charge is 0.465 e. The molecule has 0 aliphatic carbocycles. The highest BCUT2D eigenvalue weighted by atomic mass is 19.4. The maximum absolute atomic E-state index is 13.1. The highest BCUT2D eigenvalue weighted by Crippen LogP contribution is 2.38. The van der Waals surface area contributed by atoms with Gasteiger partial charge in [-0.1, -0.05) is 0 Å². The number of pyridine rings is 1. The number of nitrogens with zero attached hydrogens (tertiary/aromatic N) is 8. The second-order valence-corrected chi connectivity index (χ2v) is 9.29. The fourth-order valence-corrected chi connectivity index (χ4v) is 3.99.